The monoisotopic (exact) mass is 364 g/mol. The number of aliphatic hydroxyl groups is 1. The van der Waals surface area contributed by atoms with Gasteiger partial charge in [-0.2, -0.15) is 0 Å². The lowest BCUT2D eigenvalue weighted by Gasteiger charge is -2.30. The lowest BCUT2D eigenvalue weighted by Crippen LogP contribution is -2.48. The van der Waals surface area contributed by atoms with Gasteiger partial charge >= 0.3 is 0 Å². The molecule has 7 heteroatoms. The first-order valence-electron chi connectivity index (χ1n) is 8.44. The summed E-state index contributed by atoms with van der Waals surface area (Å²) in [6, 6.07) is 9.57. The third-order valence-corrected chi connectivity index (χ3v) is 6.01. The molecule has 3 heterocycles. The molecule has 3 aromatic rings. The van der Waals surface area contributed by atoms with Crippen LogP contribution in [-0.4, -0.2) is 38.5 Å². The molecule has 0 saturated carbocycles. The summed E-state index contributed by atoms with van der Waals surface area (Å²) in [5, 5.41) is 15.2. The molecule has 1 unspecified atom stereocenters. The van der Waals surface area contributed by atoms with Crippen LogP contribution in [0.25, 0.3) is 10.2 Å². The van der Waals surface area contributed by atoms with Crippen LogP contribution < -0.4 is 4.90 Å². The van der Waals surface area contributed by atoms with Gasteiger partial charge in [-0.3, -0.25) is 4.79 Å². The van der Waals surface area contributed by atoms with Gasteiger partial charge in [0.25, 0.3) is 0 Å². The fourth-order valence-corrected chi connectivity index (χ4v) is 4.27. The number of fused-ring (bicyclic) bond motifs is 3. The van der Waals surface area contributed by atoms with E-state index in [4.69, 9.17) is 4.99 Å². The maximum atomic E-state index is 13.1. The summed E-state index contributed by atoms with van der Waals surface area (Å²) in [7, 11) is 0. The average molecular weight is 364 g/mol. The van der Waals surface area contributed by atoms with Gasteiger partial charge < -0.3 is 10.0 Å². The van der Waals surface area contributed by atoms with Crippen molar-refractivity contribution in [1.82, 2.24) is 9.59 Å². The van der Waals surface area contributed by atoms with Crippen LogP contribution in [0.5, 0.6) is 0 Å². The van der Waals surface area contributed by atoms with Crippen LogP contribution in [0.4, 0.5) is 11.4 Å². The quantitative estimate of drug-likeness (QED) is 0.717. The lowest BCUT2D eigenvalue weighted by atomic mass is 9.86. The number of aliphatic imine (C=N–C) groups is 1. The summed E-state index contributed by atoms with van der Waals surface area (Å²) < 4.78 is 4.93. The van der Waals surface area contributed by atoms with E-state index in [0.717, 1.165) is 27.0 Å². The van der Waals surface area contributed by atoms with E-state index >= 15 is 0 Å². The maximum Gasteiger partial charge on any atom is 0.204 e. The Morgan fingerprint density at radius 1 is 1.19 bits per heavy atom. The highest BCUT2D eigenvalue weighted by molar-refractivity contribution is 7.12. The molecule has 1 saturated heterocycles. The zero-order valence-electron chi connectivity index (χ0n) is 14.4. The molecule has 130 valence electrons. The van der Waals surface area contributed by atoms with E-state index in [1.54, 1.807) is 0 Å². The number of nitrogens with zero attached hydrogens (tertiary/aromatic N) is 4. The number of anilines is 1. The average Bonchev–Trinajstić information content (AvgIpc) is 3.22. The van der Waals surface area contributed by atoms with Gasteiger partial charge in [0.1, 0.15) is 11.4 Å². The minimum absolute atomic E-state index is 0.261. The Hall–Kier alpha value is -2.64. The van der Waals surface area contributed by atoms with Crippen LogP contribution in [0.2, 0.25) is 0 Å². The zero-order chi connectivity index (χ0) is 18.1. The largest absolute Gasteiger partial charge is 0.374 e. The number of hydrogen-bond donors (Lipinski definition) is 1. The first-order valence-corrected chi connectivity index (χ1v) is 9.22. The van der Waals surface area contributed by atoms with Crippen LogP contribution >= 0.6 is 11.5 Å². The second kappa shape index (κ2) is 5.18. The van der Waals surface area contributed by atoms with Crippen LogP contribution in [0, 0.1) is 13.8 Å². The number of ketones is 1. The van der Waals surface area contributed by atoms with Crippen molar-refractivity contribution in [2.45, 2.75) is 25.9 Å². The van der Waals surface area contributed by atoms with Gasteiger partial charge in [-0.15, -0.1) is 5.10 Å². The Labute approximate surface area is 154 Å². The summed E-state index contributed by atoms with van der Waals surface area (Å²) in [5.74, 6) is 0.152. The predicted octanol–water partition coefficient (Wildman–Crippen LogP) is 3.18. The normalized spacial score (nSPS) is 21.7. The number of aryl methyl sites for hydroxylation is 2. The van der Waals surface area contributed by atoms with Crippen molar-refractivity contribution < 1.29 is 9.90 Å². The van der Waals surface area contributed by atoms with Crippen LogP contribution in [0.15, 0.2) is 35.3 Å². The second-order valence-electron chi connectivity index (χ2n) is 6.91. The molecule has 0 aliphatic carbocycles. The lowest BCUT2D eigenvalue weighted by molar-refractivity contribution is 0.0602. The number of carbonyl (C=O) groups is 1. The van der Waals surface area contributed by atoms with Crippen molar-refractivity contribution in [2.24, 2.45) is 4.99 Å². The molecule has 1 fully saturated rings. The Morgan fingerprint density at radius 3 is 2.85 bits per heavy atom. The summed E-state index contributed by atoms with van der Waals surface area (Å²) >= 11 is 1.32. The summed E-state index contributed by atoms with van der Waals surface area (Å²) in [5.41, 5.74) is 3.40. The number of aromatic nitrogens is 2. The molecule has 6 nitrogen and oxygen atoms in total. The zero-order valence-corrected chi connectivity index (χ0v) is 15.2. The van der Waals surface area contributed by atoms with Crippen molar-refractivity contribution in [3.8, 4) is 0 Å². The van der Waals surface area contributed by atoms with Crippen molar-refractivity contribution in [1.29, 1.82) is 0 Å². The molecule has 2 aliphatic rings. The van der Waals surface area contributed by atoms with Crippen molar-refractivity contribution in [3.05, 3.63) is 47.0 Å². The Balaban J connectivity index is 1.67. The highest BCUT2D eigenvalue weighted by atomic mass is 32.1. The maximum absolute atomic E-state index is 13.1. The van der Waals surface area contributed by atoms with E-state index in [-0.39, 0.29) is 5.78 Å². The van der Waals surface area contributed by atoms with Gasteiger partial charge in [-0.1, -0.05) is 4.49 Å². The summed E-state index contributed by atoms with van der Waals surface area (Å²) in [6.07, 6.45) is 0.329. The van der Waals surface area contributed by atoms with Crippen LogP contribution in [-0.2, 0) is 0 Å². The molecule has 1 atom stereocenters. The van der Waals surface area contributed by atoms with Crippen molar-refractivity contribution in [3.63, 3.8) is 0 Å². The fourth-order valence-electron chi connectivity index (χ4n) is 3.68. The minimum Gasteiger partial charge on any atom is -0.374 e. The van der Waals surface area contributed by atoms with Gasteiger partial charge in [0.15, 0.2) is 5.60 Å². The molecule has 1 aromatic heterocycles. The van der Waals surface area contributed by atoms with E-state index in [2.05, 4.69) is 9.59 Å². The third-order valence-electron chi connectivity index (χ3n) is 5.32. The van der Waals surface area contributed by atoms with Gasteiger partial charge in [0, 0.05) is 24.2 Å². The highest BCUT2D eigenvalue weighted by Crippen LogP contribution is 2.40. The van der Waals surface area contributed by atoms with E-state index in [1.165, 1.54) is 11.5 Å². The van der Waals surface area contributed by atoms with Gasteiger partial charge in [-0.25, -0.2) is 4.99 Å². The van der Waals surface area contributed by atoms with Gasteiger partial charge in [0.05, 0.1) is 10.4 Å². The first-order chi connectivity index (χ1) is 12.5. The Bertz CT molecular complexity index is 1120. The SMILES string of the molecule is Cc1cc2c(cc1C)C(=O)C1(O)CCN(c3ccc4nnsc4c3)C1=N2. The van der Waals surface area contributed by atoms with Gasteiger partial charge in [0.2, 0.25) is 5.78 Å². The van der Waals surface area contributed by atoms with E-state index in [0.29, 0.717) is 30.1 Å². The topological polar surface area (TPSA) is 78.7 Å². The number of amidine groups is 1. The smallest absolute Gasteiger partial charge is 0.204 e. The summed E-state index contributed by atoms with van der Waals surface area (Å²) in [4.78, 5) is 19.7. The molecule has 2 aromatic carbocycles. The molecule has 0 amide bonds. The molecular weight excluding hydrogens is 348 g/mol. The van der Waals surface area contributed by atoms with Crippen molar-refractivity contribution >= 4 is 44.7 Å². The number of hydrogen-bond acceptors (Lipinski definition) is 7. The standard InChI is InChI=1S/C19H16N4O2S/c1-10-7-13-15(8-11(10)2)20-18-19(25,17(13)24)5-6-23(18)12-3-4-14-16(9-12)26-22-21-14/h3-4,7-9,25H,5-6H2,1-2H3. The molecule has 1 N–H and O–H groups in total. The third kappa shape index (κ3) is 2.01. The first kappa shape index (κ1) is 15.6. The van der Waals surface area contributed by atoms with E-state index < -0.39 is 5.60 Å². The number of Topliss-reactive ketones (excluding diaryl/α,β-unsaturated/α-hetero) is 1. The Morgan fingerprint density at radius 2 is 2.00 bits per heavy atom. The number of rotatable bonds is 1. The molecule has 0 spiro atoms. The highest BCUT2D eigenvalue weighted by Gasteiger charge is 2.52. The second-order valence-corrected chi connectivity index (χ2v) is 7.69. The Kier molecular flexibility index (Phi) is 3.11. The molecule has 5 rings (SSSR count). The van der Waals surface area contributed by atoms with Crippen LogP contribution in [0.1, 0.15) is 27.9 Å². The molecular formula is C19H16N4O2S. The molecule has 26 heavy (non-hydrogen) atoms. The van der Waals surface area contributed by atoms with E-state index in [1.807, 2.05) is 49.1 Å². The molecule has 2 aliphatic heterocycles. The summed E-state index contributed by atoms with van der Waals surface area (Å²) in [6.45, 7) is 4.49. The van der Waals surface area contributed by atoms with E-state index in [9.17, 15) is 9.90 Å². The van der Waals surface area contributed by atoms with Crippen molar-refractivity contribution in [2.75, 3.05) is 11.4 Å². The fraction of sp³-hybridized carbons (Fsp3) is 0.263. The molecule has 0 radical (unpaired) electrons. The number of carbonyl (C=O) groups excluding carboxylic acids is 1. The van der Waals surface area contributed by atoms with Crippen LogP contribution in [0.3, 0.4) is 0 Å². The predicted molar refractivity (Wildman–Crippen MR) is 102 cm³/mol. The molecule has 0 bridgehead atoms. The minimum atomic E-state index is -1.56. The number of benzene rings is 2. The van der Waals surface area contributed by atoms with Gasteiger partial charge in [-0.05, 0) is 66.8 Å².